The summed E-state index contributed by atoms with van der Waals surface area (Å²) in [5.74, 6) is -0.284. The van der Waals surface area contributed by atoms with Gasteiger partial charge in [0.25, 0.3) is 0 Å². The molecular formula is C13H14ClNO3. The quantitative estimate of drug-likeness (QED) is 0.862. The second-order valence-corrected chi connectivity index (χ2v) is 4.42. The first-order chi connectivity index (χ1) is 8.65. The number of benzene rings is 1. The maximum atomic E-state index is 11.4. The van der Waals surface area contributed by atoms with Crippen LogP contribution in [-0.4, -0.2) is 29.4 Å². The molecule has 0 fully saturated rings. The van der Waals surface area contributed by atoms with Gasteiger partial charge in [0, 0.05) is 28.7 Å². The van der Waals surface area contributed by atoms with Gasteiger partial charge in [-0.3, -0.25) is 4.79 Å². The van der Waals surface area contributed by atoms with Crippen LogP contribution in [0.2, 0.25) is 5.02 Å². The Hall–Kier alpha value is -1.52. The van der Waals surface area contributed by atoms with E-state index in [4.69, 9.17) is 16.7 Å². The Bertz CT molecular complexity index is 577. The van der Waals surface area contributed by atoms with Crippen LogP contribution in [0.4, 0.5) is 0 Å². The summed E-state index contributed by atoms with van der Waals surface area (Å²) in [4.78, 5) is 11.4. The van der Waals surface area contributed by atoms with E-state index in [0.717, 1.165) is 16.5 Å². The van der Waals surface area contributed by atoms with Crippen molar-refractivity contribution in [2.75, 3.05) is 13.7 Å². The van der Waals surface area contributed by atoms with Gasteiger partial charge in [0.15, 0.2) is 0 Å². The molecule has 0 radical (unpaired) electrons. The molecule has 1 heterocycles. The highest BCUT2D eigenvalue weighted by atomic mass is 35.5. The number of ether oxygens (including phenoxy) is 1. The highest BCUT2D eigenvalue weighted by Crippen LogP contribution is 2.25. The number of esters is 1. The van der Waals surface area contributed by atoms with Crippen LogP contribution >= 0.6 is 11.6 Å². The van der Waals surface area contributed by atoms with Gasteiger partial charge in [-0.2, -0.15) is 0 Å². The van der Waals surface area contributed by atoms with Gasteiger partial charge < -0.3 is 14.4 Å². The average molecular weight is 268 g/mol. The molecule has 1 aromatic carbocycles. The molecule has 1 N–H and O–H groups in total. The van der Waals surface area contributed by atoms with E-state index in [9.17, 15) is 4.79 Å². The highest BCUT2D eigenvalue weighted by Gasteiger charge is 2.12. The molecule has 0 saturated carbocycles. The van der Waals surface area contributed by atoms with Crippen molar-refractivity contribution in [3.8, 4) is 0 Å². The molecule has 0 aliphatic carbocycles. The van der Waals surface area contributed by atoms with E-state index in [-0.39, 0.29) is 19.0 Å². The van der Waals surface area contributed by atoms with Gasteiger partial charge in [0.2, 0.25) is 0 Å². The topological polar surface area (TPSA) is 51.5 Å². The van der Waals surface area contributed by atoms with E-state index >= 15 is 0 Å². The fourth-order valence-corrected chi connectivity index (χ4v) is 2.17. The lowest BCUT2D eigenvalue weighted by molar-refractivity contribution is -0.139. The van der Waals surface area contributed by atoms with Crippen molar-refractivity contribution in [3.63, 3.8) is 0 Å². The molecule has 2 aromatic rings. The number of aliphatic hydroxyl groups is 1. The lowest BCUT2D eigenvalue weighted by Crippen LogP contribution is -2.04. The SMILES string of the molecule is COC(=O)Cc1cn(CCO)c2cc(Cl)ccc12. The molecule has 18 heavy (non-hydrogen) atoms. The van der Waals surface area contributed by atoms with Crippen molar-refractivity contribution in [2.45, 2.75) is 13.0 Å². The first-order valence-corrected chi connectivity index (χ1v) is 5.98. The summed E-state index contributed by atoms with van der Waals surface area (Å²) in [6.07, 6.45) is 2.07. The van der Waals surface area contributed by atoms with E-state index < -0.39 is 0 Å². The number of rotatable bonds is 4. The smallest absolute Gasteiger partial charge is 0.310 e. The third-order valence-corrected chi connectivity index (χ3v) is 3.07. The number of hydrogen-bond donors (Lipinski definition) is 1. The van der Waals surface area contributed by atoms with Crippen LogP contribution in [0, 0.1) is 0 Å². The number of nitrogens with zero attached hydrogens (tertiary/aromatic N) is 1. The van der Waals surface area contributed by atoms with Crippen molar-refractivity contribution in [3.05, 3.63) is 35.0 Å². The second kappa shape index (κ2) is 5.42. The van der Waals surface area contributed by atoms with Gasteiger partial charge in [0.1, 0.15) is 0 Å². The molecule has 0 amide bonds. The van der Waals surface area contributed by atoms with Gasteiger partial charge in [-0.1, -0.05) is 17.7 Å². The van der Waals surface area contributed by atoms with Crippen molar-refractivity contribution in [1.82, 2.24) is 4.57 Å². The summed E-state index contributed by atoms with van der Waals surface area (Å²) < 4.78 is 6.56. The van der Waals surface area contributed by atoms with Crippen LogP contribution in [-0.2, 0) is 22.5 Å². The summed E-state index contributed by atoms with van der Waals surface area (Å²) in [6, 6.07) is 5.49. The van der Waals surface area contributed by atoms with E-state index in [1.54, 1.807) is 6.07 Å². The van der Waals surface area contributed by atoms with E-state index in [0.29, 0.717) is 11.6 Å². The summed E-state index contributed by atoms with van der Waals surface area (Å²) in [7, 11) is 1.37. The Morgan fingerprint density at radius 1 is 1.50 bits per heavy atom. The number of halogens is 1. The summed E-state index contributed by atoms with van der Waals surface area (Å²) in [5, 5.41) is 10.6. The molecule has 0 aliphatic heterocycles. The van der Waals surface area contributed by atoms with Crippen molar-refractivity contribution in [2.24, 2.45) is 0 Å². The maximum Gasteiger partial charge on any atom is 0.310 e. The van der Waals surface area contributed by atoms with Crippen molar-refractivity contribution >= 4 is 28.5 Å². The maximum absolute atomic E-state index is 11.4. The Labute approximate surface area is 110 Å². The van der Waals surface area contributed by atoms with E-state index in [1.165, 1.54) is 7.11 Å². The Balaban J connectivity index is 2.50. The summed E-state index contributed by atoms with van der Waals surface area (Å²) in [5.41, 5.74) is 1.79. The zero-order chi connectivity index (χ0) is 13.1. The zero-order valence-electron chi connectivity index (χ0n) is 10.0. The molecule has 0 aliphatic rings. The molecule has 0 unspecified atom stereocenters. The minimum atomic E-state index is -0.284. The number of carbonyl (C=O) groups is 1. The average Bonchev–Trinajstić information content (AvgIpc) is 2.67. The van der Waals surface area contributed by atoms with Crippen LogP contribution in [0.5, 0.6) is 0 Å². The number of hydrogen-bond acceptors (Lipinski definition) is 3. The predicted molar refractivity (Wildman–Crippen MR) is 69.8 cm³/mol. The van der Waals surface area contributed by atoms with Crippen LogP contribution in [0.25, 0.3) is 10.9 Å². The van der Waals surface area contributed by atoms with Gasteiger partial charge in [-0.25, -0.2) is 0 Å². The third-order valence-electron chi connectivity index (χ3n) is 2.83. The monoisotopic (exact) mass is 267 g/mol. The lowest BCUT2D eigenvalue weighted by Gasteiger charge is -2.01. The predicted octanol–water partition coefficient (Wildman–Crippen LogP) is 2.00. The Kier molecular flexibility index (Phi) is 3.89. The second-order valence-electron chi connectivity index (χ2n) is 3.99. The number of aromatic nitrogens is 1. The van der Waals surface area contributed by atoms with Gasteiger partial charge in [-0.05, 0) is 17.7 Å². The van der Waals surface area contributed by atoms with Crippen molar-refractivity contribution in [1.29, 1.82) is 0 Å². The summed E-state index contributed by atoms with van der Waals surface area (Å²) in [6.45, 7) is 0.506. The van der Waals surface area contributed by atoms with E-state index in [2.05, 4.69) is 4.74 Å². The van der Waals surface area contributed by atoms with Crippen molar-refractivity contribution < 1.29 is 14.6 Å². The van der Waals surface area contributed by atoms with E-state index in [1.807, 2.05) is 22.9 Å². The van der Waals surface area contributed by atoms with Gasteiger partial charge in [-0.15, -0.1) is 0 Å². The van der Waals surface area contributed by atoms with Crippen LogP contribution in [0.15, 0.2) is 24.4 Å². The number of methoxy groups -OCH3 is 1. The van der Waals surface area contributed by atoms with Crippen LogP contribution in [0.1, 0.15) is 5.56 Å². The molecule has 0 atom stereocenters. The fourth-order valence-electron chi connectivity index (χ4n) is 2.00. The molecule has 0 saturated heterocycles. The third kappa shape index (κ3) is 2.49. The minimum Gasteiger partial charge on any atom is -0.469 e. The van der Waals surface area contributed by atoms with Crippen LogP contribution in [0.3, 0.4) is 0 Å². The largest absolute Gasteiger partial charge is 0.469 e. The first kappa shape index (κ1) is 12.9. The van der Waals surface area contributed by atoms with Gasteiger partial charge >= 0.3 is 5.97 Å². The number of fused-ring (bicyclic) bond motifs is 1. The summed E-state index contributed by atoms with van der Waals surface area (Å²) >= 11 is 5.97. The lowest BCUT2D eigenvalue weighted by atomic mass is 10.1. The number of aliphatic hydroxyl groups excluding tert-OH is 1. The molecule has 0 bridgehead atoms. The molecule has 5 heteroatoms. The molecule has 96 valence electrons. The molecule has 0 spiro atoms. The van der Waals surface area contributed by atoms with Crippen LogP contribution < -0.4 is 0 Å². The molecule has 1 aromatic heterocycles. The Morgan fingerprint density at radius 2 is 2.28 bits per heavy atom. The number of carbonyl (C=O) groups excluding carboxylic acids is 1. The first-order valence-electron chi connectivity index (χ1n) is 5.60. The Morgan fingerprint density at radius 3 is 2.94 bits per heavy atom. The highest BCUT2D eigenvalue weighted by molar-refractivity contribution is 6.31. The fraction of sp³-hybridized carbons (Fsp3) is 0.308. The minimum absolute atomic E-state index is 0.0357. The normalized spacial score (nSPS) is 10.8. The van der Waals surface area contributed by atoms with Gasteiger partial charge in [0.05, 0.1) is 20.1 Å². The molecule has 4 nitrogen and oxygen atoms in total. The standard InChI is InChI=1S/C13H14ClNO3/c1-18-13(17)6-9-8-15(4-5-16)12-7-10(14)2-3-11(9)12/h2-3,7-8,16H,4-6H2,1H3. The molecular weight excluding hydrogens is 254 g/mol. The zero-order valence-corrected chi connectivity index (χ0v) is 10.8. The molecule has 2 rings (SSSR count).